The van der Waals surface area contributed by atoms with Crippen LogP contribution < -0.4 is 0 Å². The van der Waals surface area contributed by atoms with E-state index in [1.165, 1.54) is 0 Å². The molecule has 0 radical (unpaired) electrons. The van der Waals surface area contributed by atoms with Gasteiger partial charge in [-0.15, -0.1) is 0 Å². The van der Waals surface area contributed by atoms with Gasteiger partial charge in [0.25, 0.3) is 5.91 Å². The minimum Gasteiger partial charge on any atom is -0.337 e. The average molecular weight is 356 g/mol. The van der Waals surface area contributed by atoms with E-state index in [1.54, 1.807) is 11.1 Å². The molecular formula is C22H20N4O. The van der Waals surface area contributed by atoms with Crippen molar-refractivity contribution < 1.29 is 4.79 Å². The molecule has 2 heterocycles. The van der Waals surface area contributed by atoms with E-state index in [0.29, 0.717) is 12.1 Å². The van der Waals surface area contributed by atoms with Crippen molar-refractivity contribution in [2.75, 3.05) is 7.05 Å². The lowest BCUT2D eigenvalue weighted by Crippen LogP contribution is -2.26. The van der Waals surface area contributed by atoms with Gasteiger partial charge in [-0.25, -0.2) is 4.68 Å². The van der Waals surface area contributed by atoms with E-state index < -0.39 is 0 Å². The van der Waals surface area contributed by atoms with Crippen LogP contribution in [0.2, 0.25) is 0 Å². The molecule has 0 aliphatic rings. The normalized spacial score (nSPS) is 10.9. The number of rotatable bonds is 4. The molecule has 0 saturated heterocycles. The van der Waals surface area contributed by atoms with Crippen molar-refractivity contribution in [2.24, 2.45) is 0 Å². The van der Waals surface area contributed by atoms with Crippen LogP contribution in [0.25, 0.3) is 16.6 Å². The van der Waals surface area contributed by atoms with Crippen LogP contribution in [0.15, 0.2) is 73.1 Å². The molecule has 1 amide bonds. The van der Waals surface area contributed by atoms with Crippen LogP contribution in [0.3, 0.4) is 0 Å². The van der Waals surface area contributed by atoms with Gasteiger partial charge in [-0.1, -0.05) is 36.4 Å². The maximum atomic E-state index is 13.1. The molecule has 5 nitrogen and oxygen atoms in total. The van der Waals surface area contributed by atoms with E-state index in [-0.39, 0.29) is 5.91 Å². The lowest BCUT2D eigenvalue weighted by Gasteiger charge is -2.17. The summed E-state index contributed by atoms with van der Waals surface area (Å²) >= 11 is 0. The van der Waals surface area contributed by atoms with Gasteiger partial charge in [-0.2, -0.15) is 5.10 Å². The highest BCUT2D eigenvalue weighted by Crippen LogP contribution is 2.20. The van der Waals surface area contributed by atoms with Crippen molar-refractivity contribution in [3.63, 3.8) is 0 Å². The first-order chi connectivity index (χ1) is 13.1. The first-order valence-electron chi connectivity index (χ1n) is 8.82. The number of amides is 1. The largest absolute Gasteiger partial charge is 0.337 e. The topological polar surface area (TPSA) is 51.0 Å². The van der Waals surface area contributed by atoms with Gasteiger partial charge in [-0.3, -0.25) is 9.78 Å². The predicted octanol–water partition coefficient (Wildman–Crippen LogP) is 4.00. The summed E-state index contributed by atoms with van der Waals surface area (Å²) in [6, 6.07) is 19.5. The van der Waals surface area contributed by atoms with E-state index in [9.17, 15) is 4.79 Å². The number of aryl methyl sites for hydroxylation is 1. The van der Waals surface area contributed by atoms with Gasteiger partial charge in [0.1, 0.15) is 0 Å². The maximum Gasteiger partial charge on any atom is 0.254 e. The Bertz CT molecular complexity index is 1100. The summed E-state index contributed by atoms with van der Waals surface area (Å²) in [7, 11) is 1.81. The van der Waals surface area contributed by atoms with E-state index in [2.05, 4.69) is 10.1 Å². The van der Waals surface area contributed by atoms with Crippen molar-refractivity contribution in [3.05, 3.63) is 89.9 Å². The molecule has 4 rings (SSSR count). The monoisotopic (exact) mass is 356 g/mol. The van der Waals surface area contributed by atoms with Crippen molar-refractivity contribution in [1.29, 1.82) is 0 Å². The molecule has 0 spiro atoms. The fourth-order valence-corrected chi connectivity index (χ4v) is 3.20. The van der Waals surface area contributed by atoms with Gasteiger partial charge in [0.2, 0.25) is 0 Å². The Morgan fingerprint density at radius 3 is 2.63 bits per heavy atom. The summed E-state index contributed by atoms with van der Waals surface area (Å²) in [5.41, 5.74) is 4.32. The first kappa shape index (κ1) is 17.0. The Labute approximate surface area is 157 Å². The molecule has 0 aliphatic carbocycles. The van der Waals surface area contributed by atoms with Crippen LogP contribution in [0.5, 0.6) is 0 Å². The zero-order valence-corrected chi connectivity index (χ0v) is 15.3. The number of hydrogen-bond donors (Lipinski definition) is 0. The minimum atomic E-state index is -0.0239. The number of para-hydroxylation sites is 2. The minimum absolute atomic E-state index is 0.0239. The van der Waals surface area contributed by atoms with E-state index in [4.69, 9.17) is 0 Å². The highest BCUT2D eigenvalue weighted by Gasteiger charge is 2.17. The van der Waals surface area contributed by atoms with Crippen molar-refractivity contribution in [3.8, 4) is 5.69 Å². The number of fused-ring (bicyclic) bond motifs is 1. The molecule has 0 atom stereocenters. The van der Waals surface area contributed by atoms with Gasteiger partial charge < -0.3 is 4.90 Å². The van der Waals surface area contributed by atoms with Crippen LogP contribution >= 0.6 is 0 Å². The second-order valence-corrected chi connectivity index (χ2v) is 6.62. The fourth-order valence-electron chi connectivity index (χ4n) is 3.20. The van der Waals surface area contributed by atoms with E-state index in [1.807, 2.05) is 85.5 Å². The molecule has 5 heteroatoms. The smallest absolute Gasteiger partial charge is 0.254 e. The third kappa shape index (κ3) is 3.44. The van der Waals surface area contributed by atoms with Crippen LogP contribution in [0.1, 0.15) is 21.6 Å². The highest BCUT2D eigenvalue weighted by atomic mass is 16.2. The highest BCUT2D eigenvalue weighted by molar-refractivity contribution is 6.06. The van der Waals surface area contributed by atoms with Crippen molar-refractivity contribution in [2.45, 2.75) is 13.5 Å². The average Bonchev–Trinajstić information content (AvgIpc) is 3.16. The molecular weight excluding hydrogens is 336 g/mol. The number of benzene rings is 2. The third-order valence-corrected chi connectivity index (χ3v) is 4.50. The SMILES string of the molecule is Cc1cc(C(=O)N(C)Cc2cnn(-c3ccccc3)c2)c2ccccc2n1. The Morgan fingerprint density at radius 1 is 1.07 bits per heavy atom. The quantitative estimate of drug-likeness (QED) is 0.555. The predicted molar refractivity (Wildman–Crippen MR) is 106 cm³/mol. The summed E-state index contributed by atoms with van der Waals surface area (Å²) in [5.74, 6) is -0.0239. The number of carbonyl (C=O) groups is 1. The number of pyridine rings is 1. The van der Waals surface area contributed by atoms with Gasteiger partial charge >= 0.3 is 0 Å². The number of aromatic nitrogens is 3. The summed E-state index contributed by atoms with van der Waals surface area (Å²) in [4.78, 5) is 19.3. The fraction of sp³-hybridized carbons (Fsp3) is 0.136. The van der Waals surface area contributed by atoms with Crippen LogP contribution in [0.4, 0.5) is 0 Å². The van der Waals surface area contributed by atoms with Crippen LogP contribution in [-0.2, 0) is 6.54 Å². The molecule has 134 valence electrons. The van der Waals surface area contributed by atoms with Gasteiger partial charge in [0.05, 0.1) is 23.0 Å². The van der Waals surface area contributed by atoms with Crippen LogP contribution in [-0.4, -0.2) is 32.6 Å². The maximum absolute atomic E-state index is 13.1. The summed E-state index contributed by atoms with van der Waals surface area (Å²) in [6.07, 6.45) is 3.75. The third-order valence-electron chi connectivity index (χ3n) is 4.50. The van der Waals surface area contributed by atoms with Crippen molar-refractivity contribution in [1.82, 2.24) is 19.7 Å². The van der Waals surface area contributed by atoms with Crippen molar-refractivity contribution >= 4 is 16.8 Å². The Morgan fingerprint density at radius 2 is 1.81 bits per heavy atom. The van der Waals surface area contributed by atoms with Crippen LogP contribution in [0, 0.1) is 6.92 Å². The molecule has 2 aromatic carbocycles. The Balaban J connectivity index is 1.58. The standard InChI is InChI=1S/C22H20N4O/c1-16-12-20(19-10-6-7-11-21(19)24-16)22(27)25(2)14-17-13-23-26(15-17)18-8-4-3-5-9-18/h3-13,15H,14H2,1-2H3. The molecule has 0 N–H and O–H groups in total. The zero-order valence-electron chi connectivity index (χ0n) is 15.3. The number of nitrogens with zero attached hydrogens (tertiary/aromatic N) is 4. The van der Waals surface area contributed by atoms with E-state index in [0.717, 1.165) is 27.8 Å². The summed E-state index contributed by atoms with van der Waals surface area (Å²) < 4.78 is 1.82. The molecule has 4 aromatic rings. The number of hydrogen-bond acceptors (Lipinski definition) is 3. The molecule has 0 unspecified atom stereocenters. The lowest BCUT2D eigenvalue weighted by atomic mass is 10.1. The zero-order chi connectivity index (χ0) is 18.8. The molecule has 0 bridgehead atoms. The first-order valence-corrected chi connectivity index (χ1v) is 8.82. The van der Waals surface area contributed by atoms with Gasteiger partial charge in [0.15, 0.2) is 0 Å². The number of carbonyl (C=O) groups excluding carboxylic acids is 1. The Kier molecular flexibility index (Phi) is 4.42. The summed E-state index contributed by atoms with van der Waals surface area (Å²) in [6.45, 7) is 2.40. The van der Waals surface area contributed by atoms with Gasteiger partial charge in [-0.05, 0) is 31.2 Å². The van der Waals surface area contributed by atoms with E-state index >= 15 is 0 Å². The molecule has 0 saturated carbocycles. The Hall–Kier alpha value is -3.47. The van der Waals surface area contributed by atoms with Gasteiger partial charge in [0, 0.05) is 36.4 Å². The summed E-state index contributed by atoms with van der Waals surface area (Å²) in [5, 5.41) is 5.28. The molecule has 0 aliphatic heterocycles. The second kappa shape index (κ2) is 7.03. The molecule has 2 aromatic heterocycles. The lowest BCUT2D eigenvalue weighted by molar-refractivity contribution is 0.0787. The molecule has 27 heavy (non-hydrogen) atoms. The molecule has 0 fully saturated rings. The second-order valence-electron chi connectivity index (χ2n) is 6.62.